The number of carbonyl (C=O) groups excluding carboxylic acids is 1. The molecular weight excluding hydrogens is 355 g/mol. The van der Waals surface area contributed by atoms with E-state index in [0.717, 1.165) is 5.56 Å². The molecule has 1 aromatic heterocycles. The Hall–Kier alpha value is -2.99. The van der Waals surface area contributed by atoms with E-state index >= 15 is 0 Å². The van der Waals surface area contributed by atoms with E-state index in [2.05, 4.69) is 20.6 Å². The summed E-state index contributed by atoms with van der Waals surface area (Å²) in [5, 5.41) is 6.49. The number of benzene rings is 2. The van der Waals surface area contributed by atoms with Crippen molar-refractivity contribution in [2.45, 2.75) is 13.5 Å². The van der Waals surface area contributed by atoms with Gasteiger partial charge < -0.3 is 10.6 Å². The lowest BCUT2D eigenvalue weighted by molar-refractivity contribution is 0.0945. The van der Waals surface area contributed by atoms with Crippen molar-refractivity contribution in [1.82, 2.24) is 15.3 Å². The highest BCUT2D eigenvalue weighted by atomic mass is 35.5. The summed E-state index contributed by atoms with van der Waals surface area (Å²) < 4.78 is 13.0. The Balaban J connectivity index is 1.70. The van der Waals surface area contributed by atoms with Gasteiger partial charge in [0.05, 0.1) is 0 Å². The Bertz CT molecular complexity index is 914. The summed E-state index contributed by atoms with van der Waals surface area (Å²) in [5.41, 5.74) is 1.84. The van der Waals surface area contributed by atoms with Crippen LogP contribution in [0.3, 0.4) is 0 Å². The van der Waals surface area contributed by atoms with E-state index in [1.54, 1.807) is 37.3 Å². The molecule has 0 bridgehead atoms. The largest absolute Gasteiger partial charge is 0.347 e. The standard InChI is InChI=1S/C19H16ClFN4O/c1-12-23-17(19(26)22-11-13-2-4-14(20)5-3-13)10-18(24-12)25-16-8-6-15(21)7-9-16/h2-10H,11H2,1H3,(H,22,26)(H,23,24,25). The van der Waals surface area contributed by atoms with E-state index in [1.165, 1.54) is 12.1 Å². The van der Waals surface area contributed by atoms with E-state index in [4.69, 9.17) is 11.6 Å². The van der Waals surface area contributed by atoms with Crippen LogP contribution < -0.4 is 10.6 Å². The van der Waals surface area contributed by atoms with E-state index in [0.29, 0.717) is 28.9 Å². The molecule has 0 unspecified atom stereocenters. The molecule has 0 aliphatic heterocycles. The first-order valence-electron chi connectivity index (χ1n) is 7.90. The second-order valence-corrected chi connectivity index (χ2v) is 6.06. The van der Waals surface area contributed by atoms with Crippen LogP contribution in [0.25, 0.3) is 0 Å². The lowest BCUT2D eigenvalue weighted by Gasteiger charge is -2.09. The first-order valence-corrected chi connectivity index (χ1v) is 8.28. The topological polar surface area (TPSA) is 66.9 Å². The third-order valence-electron chi connectivity index (χ3n) is 3.55. The van der Waals surface area contributed by atoms with Gasteiger partial charge in [0.1, 0.15) is 23.2 Å². The maximum absolute atomic E-state index is 13.0. The van der Waals surface area contributed by atoms with Gasteiger partial charge in [-0.3, -0.25) is 4.79 Å². The monoisotopic (exact) mass is 370 g/mol. The Morgan fingerprint density at radius 2 is 1.77 bits per heavy atom. The molecule has 0 aliphatic rings. The van der Waals surface area contributed by atoms with Crippen LogP contribution in [0.5, 0.6) is 0 Å². The predicted octanol–water partition coefficient (Wildman–Crippen LogP) is 4.25. The van der Waals surface area contributed by atoms with Gasteiger partial charge in [-0.15, -0.1) is 0 Å². The third kappa shape index (κ3) is 4.77. The molecule has 7 heteroatoms. The number of hydrogen-bond donors (Lipinski definition) is 2. The Morgan fingerprint density at radius 1 is 1.08 bits per heavy atom. The number of aromatic nitrogens is 2. The van der Waals surface area contributed by atoms with Gasteiger partial charge in [-0.1, -0.05) is 23.7 Å². The Kier molecular flexibility index (Phi) is 5.43. The van der Waals surface area contributed by atoms with Crippen molar-refractivity contribution < 1.29 is 9.18 Å². The molecule has 3 aromatic rings. The van der Waals surface area contributed by atoms with Crippen molar-refractivity contribution >= 4 is 29.0 Å². The van der Waals surface area contributed by atoms with Crippen molar-refractivity contribution in [3.05, 3.63) is 82.5 Å². The fourth-order valence-corrected chi connectivity index (χ4v) is 2.43. The fraction of sp³-hybridized carbons (Fsp3) is 0.105. The summed E-state index contributed by atoms with van der Waals surface area (Å²) in [5.74, 6) is 0.277. The van der Waals surface area contributed by atoms with Crippen LogP contribution in [0.15, 0.2) is 54.6 Å². The summed E-state index contributed by atoms with van der Waals surface area (Å²) in [6.07, 6.45) is 0. The SMILES string of the molecule is Cc1nc(Nc2ccc(F)cc2)cc(C(=O)NCc2ccc(Cl)cc2)n1. The first-order chi connectivity index (χ1) is 12.5. The molecule has 0 spiro atoms. The van der Waals surface area contributed by atoms with Gasteiger partial charge >= 0.3 is 0 Å². The van der Waals surface area contributed by atoms with Crippen LogP contribution >= 0.6 is 11.6 Å². The number of halogens is 2. The number of carbonyl (C=O) groups is 1. The van der Waals surface area contributed by atoms with Crippen molar-refractivity contribution in [1.29, 1.82) is 0 Å². The van der Waals surface area contributed by atoms with Crippen molar-refractivity contribution in [3.8, 4) is 0 Å². The quantitative estimate of drug-likeness (QED) is 0.704. The molecule has 1 heterocycles. The minimum absolute atomic E-state index is 0.246. The molecule has 2 aromatic carbocycles. The van der Waals surface area contributed by atoms with Gasteiger partial charge in [-0.2, -0.15) is 0 Å². The number of aryl methyl sites for hydroxylation is 1. The third-order valence-corrected chi connectivity index (χ3v) is 3.81. The molecule has 0 saturated carbocycles. The highest BCUT2D eigenvalue weighted by Gasteiger charge is 2.11. The number of rotatable bonds is 5. The van der Waals surface area contributed by atoms with Crippen LogP contribution in [0.4, 0.5) is 15.9 Å². The van der Waals surface area contributed by atoms with Gasteiger partial charge in [0.15, 0.2) is 0 Å². The van der Waals surface area contributed by atoms with Crippen LogP contribution in [0.1, 0.15) is 21.9 Å². The van der Waals surface area contributed by atoms with Gasteiger partial charge in [-0.25, -0.2) is 14.4 Å². The Morgan fingerprint density at radius 3 is 2.46 bits per heavy atom. The average molecular weight is 371 g/mol. The van der Waals surface area contributed by atoms with Crippen molar-refractivity contribution in [2.24, 2.45) is 0 Å². The highest BCUT2D eigenvalue weighted by molar-refractivity contribution is 6.30. The van der Waals surface area contributed by atoms with E-state index < -0.39 is 0 Å². The second-order valence-electron chi connectivity index (χ2n) is 5.63. The van der Waals surface area contributed by atoms with Gasteiger partial charge in [0.2, 0.25) is 0 Å². The number of nitrogens with zero attached hydrogens (tertiary/aromatic N) is 2. The molecule has 0 radical (unpaired) electrons. The van der Waals surface area contributed by atoms with Gasteiger partial charge in [0, 0.05) is 23.3 Å². The first kappa shape index (κ1) is 17.8. The van der Waals surface area contributed by atoms with E-state index in [9.17, 15) is 9.18 Å². The zero-order valence-electron chi connectivity index (χ0n) is 14.0. The Labute approximate surface area is 155 Å². The van der Waals surface area contributed by atoms with Gasteiger partial charge in [0.25, 0.3) is 5.91 Å². The molecular formula is C19H16ClFN4O. The average Bonchev–Trinajstić information content (AvgIpc) is 2.62. The minimum atomic E-state index is -0.323. The van der Waals surface area contributed by atoms with Crippen LogP contribution in [0, 0.1) is 12.7 Å². The highest BCUT2D eigenvalue weighted by Crippen LogP contribution is 2.16. The maximum Gasteiger partial charge on any atom is 0.270 e. The second kappa shape index (κ2) is 7.93. The number of nitrogens with one attached hydrogen (secondary N) is 2. The smallest absolute Gasteiger partial charge is 0.270 e. The lowest BCUT2D eigenvalue weighted by Crippen LogP contribution is -2.24. The minimum Gasteiger partial charge on any atom is -0.347 e. The summed E-state index contributed by atoms with van der Waals surface area (Å²) in [6.45, 7) is 2.06. The molecule has 0 fully saturated rings. The molecule has 132 valence electrons. The molecule has 5 nitrogen and oxygen atoms in total. The normalized spacial score (nSPS) is 10.4. The summed E-state index contributed by atoms with van der Waals surface area (Å²) >= 11 is 5.85. The number of anilines is 2. The molecule has 1 amide bonds. The van der Waals surface area contributed by atoms with Crippen molar-refractivity contribution in [2.75, 3.05) is 5.32 Å². The molecule has 0 aliphatic carbocycles. The van der Waals surface area contributed by atoms with E-state index in [1.807, 2.05) is 12.1 Å². The van der Waals surface area contributed by atoms with Crippen LogP contribution in [-0.4, -0.2) is 15.9 Å². The summed E-state index contributed by atoms with van der Waals surface area (Å²) in [7, 11) is 0. The zero-order valence-corrected chi connectivity index (χ0v) is 14.7. The lowest BCUT2D eigenvalue weighted by atomic mass is 10.2. The summed E-state index contributed by atoms with van der Waals surface area (Å²) in [6, 6.07) is 14.6. The molecule has 26 heavy (non-hydrogen) atoms. The molecule has 0 saturated heterocycles. The number of hydrogen-bond acceptors (Lipinski definition) is 4. The maximum atomic E-state index is 13.0. The fourth-order valence-electron chi connectivity index (χ4n) is 2.30. The van der Waals surface area contributed by atoms with Crippen LogP contribution in [0.2, 0.25) is 5.02 Å². The zero-order chi connectivity index (χ0) is 18.5. The predicted molar refractivity (Wildman–Crippen MR) is 99.1 cm³/mol. The van der Waals surface area contributed by atoms with Crippen LogP contribution in [-0.2, 0) is 6.54 Å². The molecule has 2 N–H and O–H groups in total. The number of amides is 1. The molecule has 0 atom stereocenters. The van der Waals surface area contributed by atoms with E-state index in [-0.39, 0.29) is 17.4 Å². The summed E-state index contributed by atoms with van der Waals surface area (Å²) in [4.78, 5) is 20.8. The van der Waals surface area contributed by atoms with Gasteiger partial charge in [-0.05, 0) is 48.9 Å². The van der Waals surface area contributed by atoms with Crippen molar-refractivity contribution in [3.63, 3.8) is 0 Å². The molecule has 3 rings (SSSR count).